The first-order valence-electron chi connectivity index (χ1n) is 5.80. The van der Waals surface area contributed by atoms with E-state index in [1.165, 1.54) is 11.0 Å². The Balaban J connectivity index is 2.22. The minimum Gasteiger partial charge on any atom is -0.377 e. The van der Waals surface area contributed by atoms with Gasteiger partial charge in [-0.1, -0.05) is 0 Å². The zero-order chi connectivity index (χ0) is 13.1. The van der Waals surface area contributed by atoms with Crippen molar-refractivity contribution in [2.24, 2.45) is 0 Å². The summed E-state index contributed by atoms with van der Waals surface area (Å²) in [6, 6.07) is 1.19. The van der Waals surface area contributed by atoms with Crippen LogP contribution in [0.4, 0.5) is 8.78 Å². The highest BCUT2D eigenvalue weighted by molar-refractivity contribution is 5.94. The minimum atomic E-state index is -1.25. The Labute approximate surface area is 104 Å². The first-order valence-corrected chi connectivity index (χ1v) is 5.80. The first kappa shape index (κ1) is 12.9. The van der Waals surface area contributed by atoms with E-state index in [-0.39, 0.29) is 11.7 Å². The molecular weight excluding hydrogens is 242 g/mol. The molecule has 1 aromatic rings. The van der Waals surface area contributed by atoms with E-state index in [2.05, 4.69) is 4.98 Å². The number of hydrogen-bond donors (Lipinski definition) is 0. The predicted octanol–water partition coefficient (Wildman–Crippen LogP) is 1.61. The molecule has 0 spiro atoms. The minimum absolute atomic E-state index is 0.105. The number of halogens is 2. The van der Waals surface area contributed by atoms with Gasteiger partial charge in [-0.25, -0.2) is 9.37 Å². The Morgan fingerprint density at radius 1 is 1.56 bits per heavy atom. The smallest absolute Gasteiger partial charge is 0.257 e. The number of carbonyl (C=O) groups excluding carboxylic acids is 1. The third-order valence-corrected chi connectivity index (χ3v) is 2.82. The summed E-state index contributed by atoms with van der Waals surface area (Å²) in [6.07, 6.45) is 1.67. The average Bonchev–Trinajstić information content (AvgIpc) is 2.56. The van der Waals surface area contributed by atoms with Crippen LogP contribution in [0, 0.1) is 11.8 Å². The molecule has 2 rings (SSSR count). The highest BCUT2D eigenvalue weighted by Gasteiger charge is 2.24. The van der Waals surface area contributed by atoms with Gasteiger partial charge in [0.15, 0.2) is 5.82 Å². The molecule has 18 heavy (non-hydrogen) atoms. The third kappa shape index (κ3) is 2.64. The van der Waals surface area contributed by atoms with Crippen LogP contribution in [-0.4, -0.2) is 41.6 Å². The van der Waals surface area contributed by atoms with Gasteiger partial charge in [-0.05, 0) is 19.4 Å². The van der Waals surface area contributed by atoms with Crippen LogP contribution in [0.1, 0.15) is 23.7 Å². The zero-order valence-electron chi connectivity index (χ0n) is 10.0. The Morgan fingerprint density at radius 3 is 3.11 bits per heavy atom. The molecule has 98 valence electrons. The number of pyridine rings is 1. The van der Waals surface area contributed by atoms with E-state index >= 15 is 0 Å². The van der Waals surface area contributed by atoms with Crippen molar-refractivity contribution in [1.82, 2.24) is 9.88 Å². The van der Waals surface area contributed by atoms with Gasteiger partial charge >= 0.3 is 0 Å². The second-order valence-electron chi connectivity index (χ2n) is 4.25. The highest BCUT2D eigenvalue weighted by atomic mass is 19.2. The fourth-order valence-corrected chi connectivity index (χ4v) is 1.93. The van der Waals surface area contributed by atoms with Gasteiger partial charge < -0.3 is 9.64 Å². The van der Waals surface area contributed by atoms with Crippen LogP contribution in [0.25, 0.3) is 0 Å². The topological polar surface area (TPSA) is 42.4 Å². The number of nitrogens with zero attached hydrogens (tertiary/aromatic N) is 2. The normalized spacial score (nSPS) is 20.6. The number of aromatic nitrogens is 1. The van der Waals surface area contributed by atoms with Gasteiger partial charge in [0.05, 0.1) is 11.7 Å². The van der Waals surface area contributed by atoms with Crippen LogP contribution < -0.4 is 0 Å². The molecule has 1 aromatic heterocycles. The summed E-state index contributed by atoms with van der Waals surface area (Å²) in [5.74, 6) is -2.97. The van der Waals surface area contributed by atoms with Gasteiger partial charge in [-0.2, -0.15) is 4.39 Å². The van der Waals surface area contributed by atoms with Crippen molar-refractivity contribution in [3.8, 4) is 0 Å². The molecule has 1 aliphatic heterocycles. The van der Waals surface area contributed by atoms with E-state index < -0.39 is 17.7 Å². The van der Waals surface area contributed by atoms with Crippen molar-refractivity contribution in [2.75, 3.05) is 19.7 Å². The second-order valence-corrected chi connectivity index (χ2v) is 4.25. The van der Waals surface area contributed by atoms with Crippen LogP contribution in [0.5, 0.6) is 0 Å². The Bertz CT molecular complexity index is 454. The molecule has 0 aliphatic carbocycles. The van der Waals surface area contributed by atoms with Crippen molar-refractivity contribution < 1.29 is 18.3 Å². The van der Waals surface area contributed by atoms with Gasteiger partial charge in [-0.15, -0.1) is 0 Å². The van der Waals surface area contributed by atoms with E-state index in [0.29, 0.717) is 26.1 Å². The van der Waals surface area contributed by atoms with Crippen LogP contribution in [0.15, 0.2) is 12.3 Å². The fraction of sp³-hybridized carbons (Fsp3) is 0.500. The van der Waals surface area contributed by atoms with E-state index in [1.54, 1.807) is 0 Å². The maximum Gasteiger partial charge on any atom is 0.257 e. The number of amides is 1. The summed E-state index contributed by atoms with van der Waals surface area (Å²) in [6.45, 7) is 3.27. The summed E-state index contributed by atoms with van der Waals surface area (Å²) in [7, 11) is 0. The van der Waals surface area contributed by atoms with Crippen molar-refractivity contribution in [3.63, 3.8) is 0 Å². The van der Waals surface area contributed by atoms with Gasteiger partial charge in [0.25, 0.3) is 5.91 Å². The summed E-state index contributed by atoms with van der Waals surface area (Å²) in [5.41, 5.74) is -0.281. The largest absolute Gasteiger partial charge is 0.377 e. The highest BCUT2D eigenvalue weighted by Crippen LogP contribution is 2.14. The molecule has 0 radical (unpaired) electrons. The number of rotatable bonds is 1. The Kier molecular flexibility index (Phi) is 3.86. The van der Waals surface area contributed by atoms with Gasteiger partial charge in [-0.3, -0.25) is 4.79 Å². The van der Waals surface area contributed by atoms with E-state index in [0.717, 1.165) is 6.20 Å². The quantitative estimate of drug-likeness (QED) is 0.717. The van der Waals surface area contributed by atoms with Crippen LogP contribution in [0.3, 0.4) is 0 Å². The molecule has 1 atom stereocenters. The fourth-order valence-electron chi connectivity index (χ4n) is 1.93. The van der Waals surface area contributed by atoms with Crippen LogP contribution >= 0.6 is 0 Å². The summed E-state index contributed by atoms with van der Waals surface area (Å²) < 4.78 is 31.9. The monoisotopic (exact) mass is 256 g/mol. The zero-order valence-corrected chi connectivity index (χ0v) is 10.0. The predicted molar refractivity (Wildman–Crippen MR) is 60.1 cm³/mol. The van der Waals surface area contributed by atoms with Crippen LogP contribution in [0.2, 0.25) is 0 Å². The lowest BCUT2D eigenvalue weighted by molar-refractivity contribution is 0.0559. The molecule has 2 heterocycles. The lowest BCUT2D eigenvalue weighted by atomic mass is 10.2. The molecule has 1 aliphatic rings. The summed E-state index contributed by atoms with van der Waals surface area (Å²) >= 11 is 0. The van der Waals surface area contributed by atoms with Crippen molar-refractivity contribution in [2.45, 2.75) is 19.4 Å². The van der Waals surface area contributed by atoms with Crippen molar-refractivity contribution in [3.05, 3.63) is 29.6 Å². The molecule has 0 bridgehead atoms. The second kappa shape index (κ2) is 5.39. The average molecular weight is 256 g/mol. The van der Waals surface area contributed by atoms with Crippen LogP contribution in [-0.2, 0) is 4.74 Å². The SMILES string of the molecule is CC1CN(C(=O)c2ccnc(F)c2F)CCCO1. The third-order valence-electron chi connectivity index (χ3n) is 2.82. The van der Waals surface area contributed by atoms with E-state index in [1.807, 2.05) is 6.92 Å². The molecule has 1 saturated heterocycles. The summed E-state index contributed by atoms with van der Waals surface area (Å²) in [4.78, 5) is 16.8. The Morgan fingerprint density at radius 2 is 2.33 bits per heavy atom. The van der Waals surface area contributed by atoms with Crippen molar-refractivity contribution >= 4 is 5.91 Å². The maximum atomic E-state index is 13.5. The number of carbonyl (C=O) groups is 1. The van der Waals surface area contributed by atoms with Gasteiger partial charge in [0, 0.05) is 25.9 Å². The van der Waals surface area contributed by atoms with Gasteiger partial charge in [0.2, 0.25) is 5.95 Å². The summed E-state index contributed by atoms with van der Waals surface area (Å²) in [5, 5.41) is 0. The standard InChI is InChI=1S/C12H14F2N2O2/c1-8-7-16(5-2-6-18-8)12(17)9-3-4-15-11(14)10(9)13/h3-4,8H,2,5-7H2,1H3. The number of ether oxygens (including phenoxy) is 1. The lowest BCUT2D eigenvalue weighted by Gasteiger charge is -2.22. The van der Waals surface area contributed by atoms with Gasteiger partial charge in [0.1, 0.15) is 0 Å². The first-order chi connectivity index (χ1) is 8.59. The molecule has 6 heteroatoms. The molecule has 4 nitrogen and oxygen atoms in total. The molecular formula is C12H14F2N2O2. The van der Waals surface area contributed by atoms with Crippen molar-refractivity contribution in [1.29, 1.82) is 0 Å². The molecule has 0 N–H and O–H groups in total. The molecule has 0 saturated carbocycles. The van der Waals surface area contributed by atoms with E-state index in [4.69, 9.17) is 4.74 Å². The lowest BCUT2D eigenvalue weighted by Crippen LogP contribution is -2.36. The van der Waals surface area contributed by atoms with E-state index in [9.17, 15) is 13.6 Å². The molecule has 1 unspecified atom stereocenters. The maximum absolute atomic E-state index is 13.5. The molecule has 1 fully saturated rings. The number of hydrogen-bond acceptors (Lipinski definition) is 3. The molecule has 1 amide bonds. The molecule has 0 aromatic carbocycles. The Hall–Kier alpha value is -1.56.